The number of hydrogen-bond donors (Lipinski definition) is 1. The van der Waals surface area contributed by atoms with E-state index in [0.717, 1.165) is 16.7 Å². The highest BCUT2D eigenvalue weighted by Crippen LogP contribution is 2.39. The summed E-state index contributed by atoms with van der Waals surface area (Å²) in [5.41, 5.74) is 2.55. The summed E-state index contributed by atoms with van der Waals surface area (Å²) < 4.78 is 16.4. The lowest BCUT2D eigenvalue weighted by atomic mass is 9.70. The monoisotopic (exact) mass is 502 g/mol. The number of carbonyl (C=O) groups is 2. The third-order valence-electron chi connectivity index (χ3n) is 7.03. The third-order valence-corrected chi connectivity index (χ3v) is 7.03. The van der Waals surface area contributed by atoms with Gasteiger partial charge in [0.25, 0.3) is 0 Å². The Kier molecular flexibility index (Phi) is 8.67. The zero-order valence-corrected chi connectivity index (χ0v) is 21.4. The predicted octanol–water partition coefficient (Wildman–Crippen LogP) is 5.08. The van der Waals surface area contributed by atoms with Crippen LogP contribution in [0.5, 0.6) is 11.5 Å². The standard InChI is InChI=1S/C30H34N2O5/c1-35-26-15-9-12-24(28(26)36-2)21-31-27(33)20-30(25-13-7-4-8-14-25)16-18-32(19-17-30)29(34)37-22-23-10-5-3-6-11-23/h3-15H,16-22H2,1-2H3,(H,31,33). The molecule has 194 valence electrons. The molecule has 1 heterocycles. The summed E-state index contributed by atoms with van der Waals surface area (Å²) in [6.07, 6.45) is 1.36. The van der Waals surface area contributed by atoms with Crippen LogP contribution in [-0.2, 0) is 28.1 Å². The van der Waals surface area contributed by atoms with E-state index in [1.54, 1.807) is 19.1 Å². The number of carbonyl (C=O) groups excluding carboxylic acids is 2. The van der Waals surface area contributed by atoms with E-state index in [1.807, 2.05) is 66.7 Å². The first-order chi connectivity index (χ1) is 18.0. The lowest BCUT2D eigenvalue weighted by Gasteiger charge is -2.41. The molecule has 0 atom stereocenters. The van der Waals surface area contributed by atoms with Crippen LogP contribution >= 0.6 is 0 Å². The highest BCUT2D eigenvalue weighted by atomic mass is 16.6. The highest BCUT2D eigenvalue weighted by Gasteiger charge is 2.39. The maximum absolute atomic E-state index is 13.2. The second-order valence-electron chi connectivity index (χ2n) is 9.28. The maximum atomic E-state index is 13.2. The van der Waals surface area contributed by atoms with E-state index >= 15 is 0 Å². The molecule has 0 spiro atoms. The van der Waals surface area contributed by atoms with Gasteiger partial charge >= 0.3 is 6.09 Å². The largest absolute Gasteiger partial charge is 0.493 e. The number of nitrogens with one attached hydrogen (secondary N) is 1. The van der Waals surface area contributed by atoms with Gasteiger partial charge in [0.15, 0.2) is 11.5 Å². The van der Waals surface area contributed by atoms with Gasteiger partial charge in [0.2, 0.25) is 5.91 Å². The van der Waals surface area contributed by atoms with Crippen molar-refractivity contribution in [3.63, 3.8) is 0 Å². The summed E-state index contributed by atoms with van der Waals surface area (Å²) in [4.78, 5) is 27.7. The molecule has 3 aromatic rings. The summed E-state index contributed by atoms with van der Waals surface area (Å²) in [6.45, 7) is 1.64. The van der Waals surface area contributed by atoms with Crippen LogP contribution in [0.3, 0.4) is 0 Å². The van der Waals surface area contributed by atoms with Gasteiger partial charge in [0, 0.05) is 37.0 Å². The molecule has 1 aliphatic heterocycles. The van der Waals surface area contributed by atoms with Crippen molar-refractivity contribution in [3.8, 4) is 11.5 Å². The van der Waals surface area contributed by atoms with E-state index in [4.69, 9.17) is 14.2 Å². The Bertz CT molecular complexity index is 1180. The van der Waals surface area contributed by atoms with Gasteiger partial charge in [-0.3, -0.25) is 4.79 Å². The number of ether oxygens (including phenoxy) is 3. The Balaban J connectivity index is 1.40. The van der Waals surface area contributed by atoms with Crippen LogP contribution in [0.15, 0.2) is 78.9 Å². The van der Waals surface area contributed by atoms with Gasteiger partial charge in [0.05, 0.1) is 14.2 Å². The van der Waals surface area contributed by atoms with Gasteiger partial charge in [-0.25, -0.2) is 4.79 Å². The second kappa shape index (κ2) is 12.3. The SMILES string of the molecule is COc1cccc(CNC(=O)CC2(c3ccccc3)CCN(C(=O)OCc3ccccc3)CC2)c1OC. The van der Waals surface area contributed by atoms with Gasteiger partial charge in [-0.2, -0.15) is 0 Å². The van der Waals surface area contributed by atoms with Crippen molar-refractivity contribution in [3.05, 3.63) is 95.6 Å². The van der Waals surface area contributed by atoms with Crippen LogP contribution < -0.4 is 14.8 Å². The van der Waals surface area contributed by atoms with Crippen LogP contribution in [0.4, 0.5) is 4.79 Å². The van der Waals surface area contributed by atoms with Crippen molar-refractivity contribution in [1.82, 2.24) is 10.2 Å². The van der Waals surface area contributed by atoms with Crippen LogP contribution in [0.1, 0.15) is 36.0 Å². The predicted molar refractivity (Wildman–Crippen MR) is 142 cm³/mol. The third kappa shape index (κ3) is 6.42. The number of rotatable bonds is 9. The number of hydrogen-bond acceptors (Lipinski definition) is 5. The number of methoxy groups -OCH3 is 2. The molecule has 1 N–H and O–H groups in total. The van der Waals surface area contributed by atoms with E-state index < -0.39 is 0 Å². The molecule has 0 bridgehead atoms. The van der Waals surface area contributed by atoms with E-state index in [9.17, 15) is 9.59 Å². The van der Waals surface area contributed by atoms with Gasteiger partial charge < -0.3 is 24.4 Å². The molecule has 1 saturated heterocycles. The fourth-order valence-corrected chi connectivity index (χ4v) is 4.94. The molecule has 1 aliphatic rings. The second-order valence-corrected chi connectivity index (χ2v) is 9.28. The van der Waals surface area contributed by atoms with Crippen molar-refractivity contribution in [2.75, 3.05) is 27.3 Å². The first-order valence-corrected chi connectivity index (χ1v) is 12.5. The van der Waals surface area contributed by atoms with Crippen molar-refractivity contribution < 1.29 is 23.8 Å². The molecule has 3 aromatic carbocycles. The minimum Gasteiger partial charge on any atom is -0.493 e. The molecular weight excluding hydrogens is 468 g/mol. The summed E-state index contributed by atoms with van der Waals surface area (Å²) in [7, 11) is 3.18. The Morgan fingerprint density at radius 1 is 0.865 bits per heavy atom. The van der Waals surface area contributed by atoms with Gasteiger partial charge in [0.1, 0.15) is 6.61 Å². The minimum atomic E-state index is -0.361. The summed E-state index contributed by atoms with van der Waals surface area (Å²) >= 11 is 0. The number of para-hydroxylation sites is 1. The molecule has 0 aliphatic carbocycles. The molecule has 2 amide bonds. The fourth-order valence-electron chi connectivity index (χ4n) is 4.94. The molecule has 1 fully saturated rings. The average molecular weight is 503 g/mol. The molecule has 0 unspecified atom stereocenters. The zero-order chi connectivity index (χ0) is 26.1. The van der Waals surface area contributed by atoms with Gasteiger partial charge in [-0.1, -0.05) is 72.8 Å². The number of benzene rings is 3. The molecule has 7 heteroatoms. The van der Waals surface area contributed by atoms with Crippen molar-refractivity contribution in [1.29, 1.82) is 0 Å². The van der Waals surface area contributed by atoms with E-state index in [2.05, 4.69) is 17.4 Å². The molecule has 4 rings (SSSR count). The Hall–Kier alpha value is -4.00. The highest BCUT2D eigenvalue weighted by molar-refractivity contribution is 5.78. The summed E-state index contributed by atoms with van der Waals surface area (Å²) in [5.74, 6) is 1.20. The quantitative estimate of drug-likeness (QED) is 0.442. The lowest BCUT2D eigenvalue weighted by Crippen LogP contribution is -2.47. The van der Waals surface area contributed by atoms with E-state index in [-0.39, 0.29) is 24.0 Å². The molecule has 7 nitrogen and oxygen atoms in total. The first-order valence-electron chi connectivity index (χ1n) is 12.5. The lowest BCUT2D eigenvalue weighted by molar-refractivity contribution is -0.123. The van der Waals surface area contributed by atoms with Crippen molar-refractivity contribution in [2.24, 2.45) is 0 Å². The van der Waals surface area contributed by atoms with Crippen molar-refractivity contribution in [2.45, 2.75) is 37.8 Å². The zero-order valence-electron chi connectivity index (χ0n) is 21.4. The van der Waals surface area contributed by atoms with Crippen molar-refractivity contribution >= 4 is 12.0 Å². The van der Waals surface area contributed by atoms with E-state index in [1.165, 1.54) is 0 Å². The van der Waals surface area contributed by atoms with Crippen LogP contribution in [0, 0.1) is 0 Å². The smallest absolute Gasteiger partial charge is 0.410 e. The van der Waals surface area contributed by atoms with Crippen LogP contribution in [-0.4, -0.2) is 44.2 Å². The molecule has 0 aromatic heterocycles. The number of amides is 2. The van der Waals surface area contributed by atoms with Crippen LogP contribution in [0.25, 0.3) is 0 Å². The summed E-state index contributed by atoms with van der Waals surface area (Å²) in [6, 6.07) is 25.4. The maximum Gasteiger partial charge on any atom is 0.410 e. The van der Waals surface area contributed by atoms with Gasteiger partial charge in [-0.05, 0) is 30.0 Å². The number of likely N-dealkylation sites (tertiary alicyclic amines) is 1. The number of nitrogens with zero attached hydrogens (tertiary/aromatic N) is 1. The molecule has 0 radical (unpaired) electrons. The Labute approximate surface area is 218 Å². The minimum absolute atomic E-state index is 0.0474. The number of piperidine rings is 1. The van der Waals surface area contributed by atoms with E-state index in [0.29, 0.717) is 50.4 Å². The normalized spacial score (nSPS) is 14.5. The molecule has 0 saturated carbocycles. The Morgan fingerprint density at radius 3 is 2.19 bits per heavy atom. The summed E-state index contributed by atoms with van der Waals surface area (Å²) in [5, 5.41) is 3.06. The Morgan fingerprint density at radius 2 is 1.54 bits per heavy atom. The molecule has 37 heavy (non-hydrogen) atoms. The van der Waals surface area contributed by atoms with Gasteiger partial charge in [-0.15, -0.1) is 0 Å². The fraction of sp³-hybridized carbons (Fsp3) is 0.333. The van der Waals surface area contributed by atoms with Crippen LogP contribution in [0.2, 0.25) is 0 Å². The average Bonchev–Trinajstić information content (AvgIpc) is 2.95. The first kappa shape index (κ1) is 26.1. The topological polar surface area (TPSA) is 77.1 Å². The molecular formula is C30H34N2O5.